The molecule has 6 heterocycles. The Morgan fingerprint density at radius 3 is 1.62 bits per heavy atom. The highest BCUT2D eigenvalue weighted by atomic mass is 35.5. The van der Waals surface area contributed by atoms with E-state index in [1.807, 2.05) is 68.0 Å². The highest BCUT2D eigenvalue weighted by Gasteiger charge is 2.36. The number of likely N-dealkylation sites (tertiary alicyclic amines) is 3. The van der Waals surface area contributed by atoms with Crippen LogP contribution in [0, 0.1) is 59.3 Å². The number of pyridine rings is 1. The van der Waals surface area contributed by atoms with Crippen LogP contribution in [0.25, 0.3) is 16.6 Å². The lowest BCUT2D eigenvalue weighted by atomic mass is 9.72. The normalized spacial score (nSPS) is 17.8. The molecule has 1 aliphatic carbocycles. The topological polar surface area (TPSA) is 466 Å². The molecule has 35 nitrogen and oxygen atoms in total. The van der Waals surface area contributed by atoms with Crippen molar-refractivity contribution in [3.8, 4) is 11.5 Å². The lowest BCUT2D eigenvalue weighted by Gasteiger charge is -2.39. The minimum Gasteiger partial charge on any atom is -0.455 e. The molecule has 5 aromatic carbocycles. The molecule has 12 rings (SSSR count). The largest absolute Gasteiger partial charge is 0.455 e. The molecule has 5 aliphatic rings. The van der Waals surface area contributed by atoms with Crippen molar-refractivity contribution in [1.29, 1.82) is 0 Å². The summed E-state index contributed by atoms with van der Waals surface area (Å²) < 4.78 is 132. The number of benzene rings is 5. The number of primary sulfonamides is 2. The molecule has 3 atom stereocenters. The van der Waals surface area contributed by atoms with Crippen molar-refractivity contribution >= 4 is 116 Å². The number of halogens is 5. The van der Waals surface area contributed by atoms with E-state index in [4.69, 9.17) is 32.3 Å². The molecule has 4 saturated heterocycles. The number of sulfonamides is 2. The molecule has 43 heteroatoms. The predicted molar refractivity (Wildman–Crippen MR) is 470 cm³/mol. The van der Waals surface area contributed by atoms with Gasteiger partial charge in [0.15, 0.2) is 15.6 Å². The fraction of sp³-hybridized carbons (Fsp3) is 0.482. The molecular weight excluding hydrogens is 1730 g/mol. The van der Waals surface area contributed by atoms with Gasteiger partial charge in [-0.25, -0.2) is 40.5 Å². The van der Waals surface area contributed by atoms with Gasteiger partial charge >= 0.3 is 11.9 Å². The molecule has 0 saturated carbocycles. The number of Topliss-reactive ketones (excluding diaryl/α,β-unsaturated/α-hetero) is 1. The molecule has 686 valence electrons. The number of anilines is 3. The number of piperidine rings is 3. The number of sulfone groups is 1. The number of carbonyl (C=O) groups excluding carboxylic acids is 4. The monoisotopic (exact) mass is 1840 g/mol. The number of nitro groups is 3. The van der Waals surface area contributed by atoms with Crippen LogP contribution in [0.1, 0.15) is 93.1 Å². The van der Waals surface area contributed by atoms with Crippen LogP contribution in [0.15, 0.2) is 136 Å². The van der Waals surface area contributed by atoms with E-state index < -0.39 is 90.0 Å². The van der Waals surface area contributed by atoms with E-state index in [-0.39, 0.29) is 84.7 Å². The number of piperazine rings is 1. The lowest BCUT2D eigenvalue weighted by molar-refractivity contribution is -0.387. The van der Waals surface area contributed by atoms with Crippen LogP contribution in [0.4, 0.5) is 51.7 Å². The number of carbonyl (C=O) groups is 4. The molecular formula is C83H109ClF4N18O17S3. The number of aromatic nitrogens is 2. The number of nitrogens with two attached hydrogens (primary N) is 3. The summed E-state index contributed by atoms with van der Waals surface area (Å²) >= 11 is 6.55. The summed E-state index contributed by atoms with van der Waals surface area (Å²) in [5.74, 6) is -1.48. The Morgan fingerprint density at radius 1 is 0.635 bits per heavy atom. The first-order valence-corrected chi connectivity index (χ1v) is 45.9. The maximum absolute atomic E-state index is 14.1. The van der Waals surface area contributed by atoms with Gasteiger partial charge in [0.05, 0.1) is 66.4 Å². The summed E-state index contributed by atoms with van der Waals surface area (Å²) in [7, 11) is -1.32. The highest BCUT2D eigenvalue weighted by Crippen LogP contribution is 2.46. The number of amides is 3. The van der Waals surface area contributed by atoms with Crippen molar-refractivity contribution in [2.75, 3.05) is 175 Å². The minimum atomic E-state index is -4.50. The summed E-state index contributed by atoms with van der Waals surface area (Å²) in [5.41, 5.74) is 7.51. The average molecular weight is 1840 g/mol. The number of hydrogen-bond donors (Lipinski definition) is 6. The third kappa shape index (κ3) is 28.3. The molecule has 7 aromatic rings. The van der Waals surface area contributed by atoms with Gasteiger partial charge in [0.25, 0.3) is 11.4 Å². The van der Waals surface area contributed by atoms with Crippen LogP contribution in [-0.4, -0.2) is 267 Å². The number of nitro benzene ring substituents is 3. The number of ketones is 1. The molecule has 0 bridgehead atoms. The first kappa shape index (κ1) is 99.4. The Morgan fingerprint density at radius 2 is 1.13 bits per heavy atom. The summed E-state index contributed by atoms with van der Waals surface area (Å²) in [6.07, 6.45) is 6.77. The van der Waals surface area contributed by atoms with Gasteiger partial charge in [0.1, 0.15) is 34.3 Å². The van der Waals surface area contributed by atoms with E-state index in [0.29, 0.717) is 133 Å². The van der Waals surface area contributed by atoms with Crippen LogP contribution in [-0.2, 0) is 50.4 Å². The number of H-pyrrole nitrogens is 1. The number of nitrogens with zero attached hydrogens (tertiary/aromatic N) is 12. The second-order valence-electron chi connectivity index (χ2n) is 33.5. The summed E-state index contributed by atoms with van der Waals surface area (Å²) in [6, 6.07) is 21.3. The minimum absolute atomic E-state index is 0.00827. The molecule has 126 heavy (non-hydrogen) atoms. The maximum Gasteiger partial charge on any atom is 0.416 e. The summed E-state index contributed by atoms with van der Waals surface area (Å²) in [5, 5.41) is 50.5. The molecule has 0 spiro atoms. The summed E-state index contributed by atoms with van der Waals surface area (Å²) in [6.45, 7) is 14.2. The van der Waals surface area contributed by atoms with Gasteiger partial charge in [0, 0.05) is 132 Å². The third-order valence-corrected chi connectivity index (χ3v) is 25.8. The molecule has 3 unspecified atom stereocenters. The van der Waals surface area contributed by atoms with E-state index in [9.17, 15) is 92.3 Å². The van der Waals surface area contributed by atoms with Crippen LogP contribution in [0.3, 0.4) is 0 Å². The second kappa shape index (κ2) is 43.4. The second-order valence-corrected chi connectivity index (χ2v) is 39.0. The van der Waals surface area contributed by atoms with Crippen LogP contribution < -0.4 is 36.3 Å². The fourth-order valence-electron chi connectivity index (χ4n) is 15.4. The van der Waals surface area contributed by atoms with E-state index >= 15 is 0 Å². The molecule has 3 amide bonds. The van der Waals surface area contributed by atoms with Gasteiger partial charge < -0.3 is 60.4 Å². The van der Waals surface area contributed by atoms with Gasteiger partial charge in [-0.15, -0.1) is 0 Å². The Balaban J connectivity index is 0.000000261. The van der Waals surface area contributed by atoms with Crippen LogP contribution >= 0.6 is 11.6 Å². The van der Waals surface area contributed by atoms with E-state index in [0.717, 1.165) is 111 Å². The number of nitrogens with one attached hydrogen (secondary N) is 3. The molecule has 0 radical (unpaired) electrons. The van der Waals surface area contributed by atoms with Gasteiger partial charge in [-0.1, -0.05) is 37.1 Å². The molecule has 2 aromatic heterocycles. The van der Waals surface area contributed by atoms with Gasteiger partial charge in [0.2, 0.25) is 43.6 Å². The van der Waals surface area contributed by atoms with Crippen molar-refractivity contribution in [2.24, 2.45) is 39.2 Å². The number of likely N-dealkylation sites (N-methyl/N-ethyl adjacent to an activating group) is 3. The predicted octanol–water partition coefficient (Wildman–Crippen LogP) is 10.2. The average Bonchev–Trinajstić information content (AvgIpc) is 0.790. The number of allylic oxidation sites excluding steroid dienone is 1. The van der Waals surface area contributed by atoms with Crippen molar-refractivity contribution in [3.63, 3.8) is 0 Å². The van der Waals surface area contributed by atoms with Crippen molar-refractivity contribution < 1.29 is 81.5 Å². The molecule has 4 aliphatic heterocycles. The number of fused-ring (bicyclic) bond motifs is 1. The number of rotatable bonds is 28. The highest BCUT2D eigenvalue weighted by molar-refractivity contribution is 7.92. The van der Waals surface area contributed by atoms with E-state index in [1.165, 1.54) is 49.0 Å². The van der Waals surface area contributed by atoms with Crippen molar-refractivity contribution in [1.82, 2.24) is 44.3 Å². The SMILES string of the molecule is CN(C)CC(=O)N1CCCC(CN)C1.CN(C)CC(=O)N1CCCC(CNc2ccc(S(=O)(=O)CC(=O)c3ccc(N4CCN(CC5=C(c6ccc(C(F)(F)F)cc6Cl)CC(C)(C)CC5)CC4)cc3Oc3cnc4[nH]ccc4c3)cc2[N+](=O)[O-])C1.CN(C)CC(=O)N1CCCC(CNc2ccc(S(N)(=O)=O)cc2[N+](=O)[O-])C1.NS(=O)(=O)c1ccc(F)c([N+](=O)[O-])c1. The van der Waals surface area contributed by atoms with Gasteiger partial charge in [-0.2, -0.15) is 17.6 Å². The third-order valence-electron chi connectivity index (χ3n) is 22.1. The Kier molecular flexibility index (Phi) is 34.2. The smallest absolute Gasteiger partial charge is 0.416 e. The summed E-state index contributed by atoms with van der Waals surface area (Å²) in [4.78, 5) is 104. The maximum atomic E-state index is 14.1. The van der Waals surface area contributed by atoms with Crippen molar-refractivity contribution in [2.45, 2.75) is 92.5 Å². The zero-order chi connectivity index (χ0) is 92.5. The van der Waals surface area contributed by atoms with E-state index in [2.05, 4.69) is 44.2 Å². The van der Waals surface area contributed by atoms with Crippen molar-refractivity contribution in [3.05, 3.63) is 179 Å². The Bertz CT molecular complexity index is 5510. The van der Waals surface area contributed by atoms with E-state index in [1.54, 1.807) is 34.2 Å². The quantitative estimate of drug-likeness (QED) is 0.0115. The van der Waals surface area contributed by atoms with Crippen LogP contribution in [0.5, 0.6) is 11.5 Å². The zero-order valence-corrected chi connectivity index (χ0v) is 74.7. The number of aromatic amines is 1. The fourth-order valence-corrected chi connectivity index (χ4v) is 18.0. The number of alkyl halides is 3. The number of hydrogen-bond acceptors (Lipinski definition) is 26. The first-order valence-electron chi connectivity index (χ1n) is 40.7. The standard InChI is InChI=1S/C51H58ClF3N8O7S.C16H25N5O5S.C10H21N3O.C6H5FN2O4S/c1-50(2)15-13-35(42(26-50)40-10-7-36(23-43(40)52)51(53,54)55)30-60-18-20-61(21-19-60)37-8-11-41(47(24-37)70-38-22-34-14-16-56-49(34)58-28-38)46(64)32-71(68,69)39-9-12-44(45(25-39)63(66)67)57-27-33-6-5-17-62(29-33)48(65)31-59(3)4;1-19(2)11-16(22)20-7-3-4-12(10-20)9-18-14-6-5-13(27(17,25)26)8-15(14)21(23)24;1-12(2)8-10(14)13-5-3-4-9(6-11)7-13;7-5-2-1-4(14(8,12)13)3-6(5)9(10)11/h7-12,14,16,22-25,28,33,57H,5-6,13,15,17-21,26-27,29-32H2,1-4H3,(H,56,58);5-6,8,12,18H,3-4,7,9-11H2,1-2H3,(H2,17,25,26);9H,3-8,11H2,1-2H3;1-3H,(H2,8,12,13). The lowest BCUT2D eigenvalue weighted by Crippen LogP contribution is -2.47. The van der Waals surface area contributed by atoms with Gasteiger partial charge in [-0.3, -0.25) is 54.4 Å². The number of ether oxygens (including phenoxy) is 1. The van der Waals surface area contributed by atoms with Gasteiger partial charge in [-0.05, 0) is 214 Å². The van der Waals surface area contributed by atoms with Crippen LogP contribution in [0.2, 0.25) is 5.02 Å². The zero-order valence-electron chi connectivity index (χ0n) is 71.4. The Hall–Kier alpha value is -10.4. The Labute approximate surface area is 734 Å². The molecule has 4 fully saturated rings. The first-order chi connectivity index (χ1) is 59.1. The molecule has 9 N–H and O–H groups in total.